The number of hydrogen-bond acceptors (Lipinski definition) is 8. The molecule has 2 aliphatic carbocycles. The number of benzene rings is 1. The molecule has 4 rings (SSSR count). The quantitative estimate of drug-likeness (QED) is 0.473. The number of rotatable bonds is 7. The average molecular weight is 546 g/mol. The fourth-order valence-electron chi connectivity index (χ4n) is 3.95. The second kappa shape index (κ2) is 11.0. The van der Waals surface area contributed by atoms with E-state index in [0.717, 1.165) is 16.8 Å². The van der Waals surface area contributed by atoms with Gasteiger partial charge in [-0.3, -0.25) is 0 Å². The molecule has 2 aromatic rings. The van der Waals surface area contributed by atoms with Gasteiger partial charge in [0.2, 0.25) is 0 Å². The number of carboxylic acid groups (broad SMARTS) is 1. The molecule has 0 saturated heterocycles. The van der Waals surface area contributed by atoms with Crippen LogP contribution in [0, 0.1) is 11.3 Å². The summed E-state index contributed by atoms with van der Waals surface area (Å²) in [5, 5.41) is 34.1. The molecular weight excluding hydrogens is 519 g/mol. The topological polar surface area (TPSA) is 167 Å². The molecule has 0 radical (unpaired) electrons. The van der Waals surface area contributed by atoms with Gasteiger partial charge in [0.15, 0.2) is 9.84 Å². The molecule has 15 heteroatoms. The van der Waals surface area contributed by atoms with E-state index in [-0.39, 0.29) is 37.7 Å². The number of aromatic nitrogens is 3. The molecular formula is C22H26F3N5O6S. The van der Waals surface area contributed by atoms with Gasteiger partial charge in [-0.05, 0) is 50.3 Å². The van der Waals surface area contributed by atoms with Crippen molar-refractivity contribution in [3.8, 4) is 11.8 Å². The van der Waals surface area contributed by atoms with Crippen LogP contribution in [0.25, 0.3) is 5.69 Å². The summed E-state index contributed by atoms with van der Waals surface area (Å²) in [6.45, 7) is -0.173. The summed E-state index contributed by atoms with van der Waals surface area (Å²) in [7, 11) is -2.72. The van der Waals surface area contributed by atoms with Crippen LogP contribution < -0.4 is 5.32 Å². The van der Waals surface area contributed by atoms with E-state index >= 15 is 0 Å². The monoisotopic (exact) mass is 545 g/mol. The van der Waals surface area contributed by atoms with Gasteiger partial charge in [-0.15, -0.1) is 5.10 Å². The van der Waals surface area contributed by atoms with Crippen LogP contribution in [0.4, 0.5) is 18.0 Å². The summed E-state index contributed by atoms with van der Waals surface area (Å²) in [5.41, 5.74) is -1.52. The fraction of sp³-hybridized carbons (Fsp3) is 0.545. The molecule has 0 bridgehead atoms. The van der Waals surface area contributed by atoms with Crippen LogP contribution >= 0.6 is 0 Å². The smallest absolute Gasteiger partial charge is 0.417 e. The maximum absolute atomic E-state index is 13.7. The van der Waals surface area contributed by atoms with Crippen molar-refractivity contribution in [3.05, 3.63) is 35.7 Å². The Morgan fingerprint density at radius 1 is 1.35 bits per heavy atom. The van der Waals surface area contributed by atoms with Crippen molar-refractivity contribution in [2.24, 2.45) is 0 Å². The molecule has 0 aliphatic heterocycles. The number of carbonyl (C=O) groups is 1. The van der Waals surface area contributed by atoms with Gasteiger partial charge in [-0.2, -0.15) is 18.4 Å². The lowest BCUT2D eigenvalue weighted by molar-refractivity contribution is -0.139. The third kappa shape index (κ3) is 6.76. The summed E-state index contributed by atoms with van der Waals surface area (Å²) in [6.07, 6.45) is -2.42. The minimum atomic E-state index is -4.85. The highest BCUT2D eigenvalue weighted by Crippen LogP contribution is 2.39. The van der Waals surface area contributed by atoms with E-state index < -0.39 is 43.4 Å². The lowest BCUT2D eigenvalue weighted by Crippen LogP contribution is -2.33. The highest BCUT2D eigenvalue weighted by molar-refractivity contribution is 7.92. The third-order valence-corrected chi connectivity index (χ3v) is 8.44. The van der Waals surface area contributed by atoms with E-state index in [1.807, 2.05) is 6.07 Å². The normalized spacial score (nSPS) is 20.4. The van der Waals surface area contributed by atoms with Crippen LogP contribution in [0.2, 0.25) is 0 Å². The molecule has 1 aromatic carbocycles. The Balaban J connectivity index is 0.000000356. The van der Waals surface area contributed by atoms with Crippen molar-refractivity contribution in [2.75, 3.05) is 13.7 Å². The molecule has 11 nitrogen and oxygen atoms in total. The average Bonchev–Trinajstić information content (AvgIpc) is 3.23. The van der Waals surface area contributed by atoms with Crippen molar-refractivity contribution in [1.29, 1.82) is 5.26 Å². The zero-order chi connectivity index (χ0) is 27.4. The zero-order valence-electron chi connectivity index (χ0n) is 19.8. The number of sulfone groups is 1. The molecule has 2 fully saturated rings. The minimum Gasteiger partial charge on any atom is -0.465 e. The van der Waals surface area contributed by atoms with Crippen molar-refractivity contribution in [2.45, 2.75) is 66.5 Å². The second-order valence-corrected chi connectivity index (χ2v) is 11.0. The van der Waals surface area contributed by atoms with Crippen LogP contribution in [0.1, 0.15) is 43.4 Å². The zero-order valence-corrected chi connectivity index (χ0v) is 20.6. The molecule has 0 unspecified atom stereocenters. The lowest BCUT2D eigenvalue weighted by atomic mass is 10.2. The van der Waals surface area contributed by atoms with Crippen molar-refractivity contribution in [1.82, 2.24) is 20.3 Å². The molecule has 202 valence electrons. The SMILES string of the molecule is CO[C@H]1CC[C@H](S(=O)(=O)c2ccc(-n3cc(CCO)nn3)cc2C(F)(F)F)C1.N#CC1(NC(=O)O)CC1. The number of nitriles is 1. The summed E-state index contributed by atoms with van der Waals surface area (Å²) >= 11 is 0. The maximum atomic E-state index is 13.7. The molecule has 2 aliphatic rings. The predicted octanol–water partition coefficient (Wildman–Crippen LogP) is 2.47. The Morgan fingerprint density at radius 2 is 2.05 bits per heavy atom. The molecule has 1 amide bonds. The number of methoxy groups -OCH3 is 1. The molecule has 1 heterocycles. The van der Waals surface area contributed by atoms with Gasteiger partial charge in [0.25, 0.3) is 0 Å². The van der Waals surface area contributed by atoms with Crippen molar-refractivity contribution in [3.63, 3.8) is 0 Å². The highest BCUT2D eigenvalue weighted by Gasteiger charge is 2.45. The lowest BCUT2D eigenvalue weighted by Gasteiger charge is -2.18. The Bertz CT molecular complexity index is 1270. The molecule has 0 spiro atoms. The van der Waals surface area contributed by atoms with E-state index in [9.17, 15) is 26.4 Å². The minimum absolute atomic E-state index is 0.0316. The van der Waals surface area contributed by atoms with Crippen LogP contribution in [0.5, 0.6) is 0 Å². The first-order chi connectivity index (χ1) is 17.3. The summed E-state index contributed by atoms with van der Waals surface area (Å²) in [5.74, 6) is 0. The van der Waals surface area contributed by atoms with Gasteiger partial charge in [-0.25, -0.2) is 17.9 Å². The molecule has 2 saturated carbocycles. The number of halogens is 3. The highest BCUT2D eigenvalue weighted by atomic mass is 32.2. The number of nitrogens with one attached hydrogen (secondary N) is 1. The third-order valence-electron chi connectivity index (χ3n) is 6.17. The first-order valence-corrected chi connectivity index (χ1v) is 12.8. The molecule has 37 heavy (non-hydrogen) atoms. The summed E-state index contributed by atoms with van der Waals surface area (Å²) in [4.78, 5) is 9.22. The Morgan fingerprint density at radius 3 is 2.54 bits per heavy atom. The van der Waals surface area contributed by atoms with E-state index in [4.69, 9.17) is 20.2 Å². The van der Waals surface area contributed by atoms with E-state index in [1.165, 1.54) is 19.4 Å². The standard InChI is InChI=1S/C17H20F3N3O4S.C5H6N2O2/c1-27-13-3-4-14(9-13)28(25,26)16-5-2-12(8-15(16)17(18,19)20)23-10-11(6-7-24)21-22-23;6-3-5(1-2-5)7-4(8)9/h2,5,8,10,13-14,24H,3-4,6-7,9H2,1H3;7H,1-2H2,(H,8,9)/t13-,14-;/m0./s1. The first-order valence-electron chi connectivity index (χ1n) is 11.3. The number of alkyl halides is 3. The van der Waals surface area contributed by atoms with Gasteiger partial charge in [0, 0.05) is 20.1 Å². The molecule has 1 aromatic heterocycles. The van der Waals surface area contributed by atoms with Gasteiger partial charge in [0.1, 0.15) is 5.54 Å². The number of hydrogen-bond donors (Lipinski definition) is 3. The maximum Gasteiger partial charge on any atom is 0.417 e. The molecule has 3 N–H and O–H groups in total. The van der Waals surface area contributed by atoms with Crippen molar-refractivity contribution < 1.29 is 41.3 Å². The van der Waals surface area contributed by atoms with Crippen molar-refractivity contribution >= 4 is 15.9 Å². The fourth-order valence-corrected chi connectivity index (χ4v) is 5.97. The van der Waals surface area contributed by atoms with Gasteiger partial charge in [0.05, 0.1) is 45.5 Å². The molecule has 2 atom stereocenters. The number of aliphatic hydroxyl groups is 1. The van der Waals surface area contributed by atoms with Gasteiger partial charge >= 0.3 is 12.3 Å². The predicted molar refractivity (Wildman–Crippen MR) is 122 cm³/mol. The summed E-state index contributed by atoms with van der Waals surface area (Å²) < 4.78 is 73.0. The number of ether oxygens (including phenoxy) is 1. The van der Waals surface area contributed by atoms with Gasteiger partial charge < -0.3 is 20.3 Å². The van der Waals surface area contributed by atoms with Gasteiger partial charge in [-0.1, -0.05) is 5.21 Å². The number of aliphatic hydroxyl groups excluding tert-OH is 1. The number of nitrogens with zero attached hydrogens (tertiary/aromatic N) is 4. The number of amides is 1. The van der Waals surface area contributed by atoms with Crippen LogP contribution in [0.15, 0.2) is 29.3 Å². The van der Waals surface area contributed by atoms with E-state index in [0.29, 0.717) is 25.0 Å². The van der Waals surface area contributed by atoms with E-state index in [2.05, 4.69) is 15.6 Å². The van der Waals surface area contributed by atoms with Crippen LogP contribution in [-0.4, -0.2) is 70.3 Å². The first kappa shape index (κ1) is 28.4. The van der Waals surface area contributed by atoms with Crippen LogP contribution in [0.3, 0.4) is 0 Å². The Labute approximate surface area is 210 Å². The largest absolute Gasteiger partial charge is 0.465 e. The Kier molecular flexibility index (Phi) is 8.45. The Hall–Kier alpha value is -3.22. The summed E-state index contributed by atoms with van der Waals surface area (Å²) in [6, 6.07) is 4.89. The second-order valence-electron chi connectivity index (χ2n) is 8.77. The van der Waals surface area contributed by atoms with Crippen LogP contribution in [-0.2, 0) is 27.2 Å². The van der Waals surface area contributed by atoms with E-state index in [1.54, 1.807) is 0 Å².